The molecule has 11 heteroatoms. The van der Waals surface area contributed by atoms with Crippen molar-refractivity contribution in [3.8, 4) is 0 Å². The van der Waals surface area contributed by atoms with Crippen molar-refractivity contribution in [2.75, 3.05) is 13.2 Å². The number of aliphatic hydroxyl groups is 5. The van der Waals surface area contributed by atoms with Crippen molar-refractivity contribution in [3.05, 3.63) is 36.5 Å². The highest BCUT2D eigenvalue weighted by Crippen LogP contribution is 2.27. The van der Waals surface area contributed by atoms with Gasteiger partial charge < -0.3 is 45.1 Å². The molecule has 530 valence electrons. The number of nitrogens with one attached hydrogen (secondary N) is 1. The summed E-state index contributed by atoms with van der Waals surface area (Å²) in [4.78, 5) is 26.8. The van der Waals surface area contributed by atoms with Gasteiger partial charge in [-0.05, 0) is 57.8 Å². The van der Waals surface area contributed by atoms with Crippen LogP contribution in [-0.2, 0) is 23.8 Å². The van der Waals surface area contributed by atoms with Gasteiger partial charge in [0, 0.05) is 6.42 Å². The van der Waals surface area contributed by atoms with Crippen molar-refractivity contribution in [3.63, 3.8) is 0 Å². The minimum absolute atomic E-state index is 0.130. The van der Waals surface area contributed by atoms with E-state index in [1.807, 2.05) is 6.08 Å². The van der Waals surface area contributed by atoms with Gasteiger partial charge in [0.25, 0.3) is 0 Å². The van der Waals surface area contributed by atoms with Crippen LogP contribution in [0.1, 0.15) is 393 Å². The molecule has 0 bridgehead atoms. The van der Waals surface area contributed by atoms with Gasteiger partial charge >= 0.3 is 5.97 Å². The van der Waals surface area contributed by atoms with E-state index in [9.17, 15) is 35.1 Å². The van der Waals surface area contributed by atoms with E-state index in [4.69, 9.17) is 14.2 Å². The number of ether oxygens (including phenoxy) is 3. The Morgan fingerprint density at radius 3 is 1.16 bits per heavy atom. The van der Waals surface area contributed by atoms with Gasteiger partial charge in [0.2, 0.25) is 5.91 Å². The molecule has 1 rings (SSSR count). The lowest BCUT2D eigenvalue weighted by Gasteiger charge is -2.41. The highest BCUT2D eigenvalue weighted by molar-refractivity contribution is 5.80. The molecule has 8 atom stereocenters. The third-order valence-corrected chi connectivity index (χ3v) is 18.8. The van der Waals surface area contributed by atoms with Crippen molar-refractivity contribution in [2.45, 2.75) is 442 Å². The minimum atomic E-state index is -1.61. The summed E-state index contributed by atoms with van der Waals surface area (Å²) in [5.41, 5.74) is 0. The average Bonchev–Trinajstić information content (AvgIpc) is 1.14. The Balaban J connectivity index is 2.49. The van der Waals surface area contributed by atoms with E-state index >= 15 is 0 Å². The number of unbranched alkanes of at least 4 members (excludes halogenated alkanes) is 51. The zero-order chi connectivity index (χ0) is 65.3. The predicted octanol–water partition coefficient (Wildman–Crippen LogP) is 20.9. The fourth-order valence-electron chi connectivity index (χ4n) is 12.6. The van der Waals surface area contributed by atoms with Gasteiger partial charge in [-0.3, -0.25) is 9.59 Å². The van der Waals surface area contributed by atoms with E-state index < -0.39 is 67.4 Å². The summed E-state index contributed by atoms with van der Waals surface area (Å²) in [6, 6.07) is -1.02. The van der Waals surface area contributed by atoms with Crippen LogP contribution in [0.2, 0.25) is 0 Å². The average molecular weight is 1270 g/mol. The number of hydrogen-bond donors (Lipinski definition) is 6. The molecule has 1 saturated heterocycles. The van der Waals surface area contributed by atoms with Crippen LogP contribution in [-0.4, -0.2) is 99.6 Å². The molecule has 0 spiro atoms. The molecule has 0 radical (unpaired) electrons. The Kier molecular flexibility index (Phi) is 63.8. The summed E-state index contributed by atoms with van der Waals surface area (Å²) >= 11 is 0. The molecule has 0 aromatic carbocycles. The van der Waals surface area contributed by atoms with E-state index in [0.29, 0.717) is 19.3 Å². The van der Waals surface area contributed by atoms with Crippen molar-refractivity contribution in [1.82, 2.24) is 5.32 Å². The van der Waals surface area contributed by atoms with E-state index in [0.717, 1.165) is 64.2 Å². The summed E-state index contributed by atoms with van der Waals surface area (Å²) in [5, 5.41) is 57.4. The minimum Gasteiger partial charge on any atom is -0.454 e. The second-order valence-electron chi connectivity index (χ2n) is 27.5. The number of aliphatic hydroxyl groups excluding tert-OH is 5. The topological polar surface area (TPSA) is 175 Å². The highest BCUT2D eigenvalue weighted by atomic mass is 16.7. The van der Waals surface area contributed by atoms with Gasteiger partial charge in [-0.25, -0.2) is 0 Å². The summed E-state index contributed by atoms with van der Waals surface area (Å²) in [5.74, 6) is -1.17. The standard InChI is InChI=1S/C79H149NO10/c1-4-7-10-13-16-19-22-25-27-29-31-33-35-36-37-38-39-41-43-45-47-49-52-55-58-61-64-67-74(84)90-77-76(86)75(85)73(68-81)89-79(77)88-69-70(71(82)65-62-59-56-53-50-24-21-18-15-12-9-6-3)80-78(87)72(83)66-63-60-57-54-51-48-46-44-42-40-34-32-30-28-26-23-20-17-14-11-8-5-2/h17,20,26,28,62,65,70-73,75-77,79,81-83,85-86H,4-16,18-19,21-25,27,29-61,63-64,66-69H2,1-3H3,(H,80,87)/b20-17-,28-26-,65-62+. The first-order valence-electron chi connectivity index (χ1n) is 39.3. The lowest BCUT2D eigenvalue weighted by atomic mass is 9.99. The van der Waals surface area contributed by atoms with E-state index in [2.05, 4.69) is 50.4 Å². The molecule has 1 fully saturated rings. The second kappa shape index (κ2) is 66.9. The number of carbonyl (C=O) groups excluding carboxylic acids is 2. The molecular formula is C79H149NO10. The van der Waals surface area contributed by atoms with E-state index in [1.165, 1.54) is 283 Å². The predicted molar refractivity (Wildman–Crippen MR) is 380 cm³/mol. The van der Waals surface area contributed by atoms with Crippen LogP contribution in [0.15, 0.2) is 36.5 Å². The molecule has 1 aliphatic rings. The van der Waals surface area contributed by atoms with Crippen molar-refractivity contribution in [1.29, 1.82) is 0 Å². The van der Waals surface area contributed by atoms with Gasteiger partial charge in [-0.15, -0.1) is 0 Å². The van der Waals surface area contributed by atoms with Crippen LogP contribution >= 0.6 is 0 Å². The third kappa shape index (κ3) is 53.2. The fourth-order valence-corrected chi connectivity index (χ4v) is 12.6. The van der Waals surface area contributed by atoms with Crippen LogP contribution in [0, 0.1) is 0 Å². The van der Waals surface area contributed by atoms with Crippen LogP contribution in [0.5, 0.6) is 0 Å². The largest absolute Gasteiger partial charge is 0.454 e. The Morgan fingerprint density at radius 2 is 0.767 bits per heavy atom. The lowest BCUT2D eigenvalue weighted by Crippen LogP contribution is -2.61. The summed E-state index contributed by atoms with van der Waals surface area (Å²) in [6.45, 7) is 5.84. The maximum atomic E-state index is 13.5. The normalized spacial score (nSPS) is 18.2. The van der Waals surface area contributed by atoms with Gasteiger partial charge in [0.05, 0.1) is 25.4 Å². The summed E-state index contributed by atoms with van der Waals surface area (Å²) in [6.07, 6.45) is 73.5. The summed E-state index contributed by atoms with van der Waals surface area (Å²) in [7, 11) is 0. The molecule has 90 heavy (non-hydrogen) atoms. The third-order valence-electron chi connectivity index (χ3n) is 18.8. The van der Waals surface area contributed by atoms with Crippen molar-refractivity contribution in [2.24, 2.45) is 0 Å². The number of amides is 1. The smallest absolute Gasteiger partial charge is 0.306 e. The zero-order valence-corrected chi connectivity index (χ0v) is 59.3. The molecule has 0 aromatic heterocycles. The van der Waals surface area contributed by atoms with Gasteiger partial charge in [0.15, 0.2) is 12.4 Å². The van der Waals surface area contributed by atoms with Gasteiger partial charge in [0.1, 0.15) is 24.4 Å². The van der Waals surface area contributed by atoms with Crippen LogP contribution in [0.3, 0.4) is 0 Å². The molecule has 11 nitrogen and oxygen atoms in total. The van der Waals surface area contributed by atoms with E-state index in [-0.39, 0.29) is 13.0 Å². The number of esters is 1. The summed E-state index contributed by atoms with van der Waals surface area (Å²) < 4.78 is 17.8. The Hall–Kier alpha value is -2.12. The van der Waals surface area contributed by atoms with Crippen LogP contribution in [0.25, 0.3) is 0 Å². The molecule has 0 aliphatic carbocycles. The Bertz CT molecular complexity index is 1610. The van der Waals surface area contributed by atoms with E-state index in [1.54, 1.807) is 6.08 Å². The monoisotopic (exact) mass is 1270 g/mol. The van der Waals surface area contributed by atoms with Crippen LogP contribution < -0.4 is 5.32 Å². The number of rotatable bonds is 69. The van der Waals surface area contributed by atoms with Crippen LogP contribution in [0.4, 0.5) is 0 Å². The number of hydrogen-bond acceptors (Lipinski definition) is 10. The maximum absolute atomic E-state index is 13.5. The Labute approximate surface area is 555 Å². The van der Waals surface area contributed by atoms with Gasteiger partial charge in [-0.2, -0.15) is 0 Å². The van der Waals surface area contributed by atoms with Gasteiger partial charge in [-0.1, -0.05) is 365 Å². The first kappa shape index (κ1) is 85.9. The Morgan fingerprint density at radius 1 is 0.433 bits per heavy atom. The molecule has 8 unspecified atom stereocenters. The molecule has 1 heterocycles. The SMILES string of the molecule is CCCCC/C=C\C/C=C\CCCCCCCCCCCCCCC(O)C(=O)NC(COC1OC(CO)C(O)C(O)C1OC(=O)CCCCCCCCCCCCCCCCCCCCCCCCCCCCC)C(O)/C=C/CCCCCCCCCCCC. The number of carbonyl (C=O) groups is 2. The molecular weight excluding hydrogens is 1120 g/mol. The molecule has 1 amide bonds. The van der Waals surface area contributed by atoms with Crippen molar-refractivity contribution < 1.29 is 49.3 Å². The second-order valence-corrected chi connectivity index (χ2v) is 27.5. The zero-order valence-electron chi connectivity index (χ0n) is 59.3. The number of allylic oxidation sites excluding steroid dienone is 5. The molecule has 6 N–H and O–H groups in total. The van der Waals surface area contributed by atoms with Crippen molar-refractivity contribution >= 4 is 11.9 Å². The first-order valence-corrected chi connectivity index (χ1v) is 39.3. The molecule has 0 saturated carbocycles. The molecule has 0 aromatic rings. The fraction of sp³-hybridized carbons (Fsp3) is 0.899. The maximum Gasteiger partial charge on any atom is 0.306 e. The first-order chi connectivity index (χ1) is 44.2. The lowest BCUT2D eigenvalue weighted by molar-refractivity contribution is -0.305. The quantitative estimate of drug-likeness (QED) is 0.0195. The highest BCUT2D eigenvalue weighted by Gasteiger charge is 2.47. The molecule has 1 aliphatic heterocycles.